The van der Waals surface area contributed by atoms with Gasteiger partial charge in [-0.1, -0.05) is 247 Å². The number of carbonyl (C=O) groups excluding carboxylic acids is 3. The Balaban J connectivity index is 4.98. The van der Waals surface area contributed by atoms with Crippen molar-refractivity contribution in [3.63, 3.8) is 0 Å². The number of rotatable bonds is 54. The van der Waals surface area contributed by atoms with E-state index in [2.05, 4.69) is 58.5 Å². The van der Waals surface area contributed by atoms with E-state index in [1.807, 2.05) is 0 Å². The van der Waals surface area contributed by atoms with Crippen molar-refractivity contribution in [3.05, 3.63) is 0 Å². The van der Waals surface area contributed by atoms with Crippen LogP contribution in [0.2, 0.25) is 0 Å². The Bertz CT molecular complexity index is 999. The number of hydrogen-bond acceptors (Lipinski definition) is 6. The van der Waals surface area contributed by atoms with Crippen LogP contribution in [0.4, 0.5) is 0 Å². The summed E-state index contributed by atoms with van der Waals surface area (Å²) in [5.41, 5.74) is 0. The quantitative estimate of drug-likeness (QED) is 0.0447. The molecule has 7 nitrogen and oxygen atoms in total. The first-order valence-corrected chi connectivity index (χ1v) is 30.5. The Morgan fingerprint density at radius 1 is 0.338 bits per heavy atom. The lowest BCUT2D eigenvalue weighted by atomic mass is 9.94. The molecule has 0 aromatic carbocycles. The molecule has 0 rings (SSSR count). The third-order valence-electron chi connectivity index (χ3n) is 14.7. The molecule has 0 saturated heterocycles. The van der Waals surface area contributed by atoms with Crippen molar-refractivity contribution in [1.82, 2.24) is 9.80 Å². The number of unbranched alkanes of at least 4 members (excludes halogenated alkanes) is 29. The summed E-state index contributed by atoms with van der Waals surface area (Å²) in [6.07, 6.45) is 51.1. The van der Waals surface area contributed by atoms with E-state index in [9.17, 15) is 14.4 Å². The molecule has 0 heterocycles. The molecule has 0 aliphatic rings. The van der Waals surface area contributed by atoms with Gasteiger partial charge in [0.25, 0.3) is 0 Å². The molecular formula is C61H120N2O5. The van der Waals surface area contributed by atoms with E-state index in [0.717, 1.165) is 116 Å². The fraction of sp³-hybridized carbons (Fsp3) is 0.951. The highest BCUT2D eigenvalue weighted by Gasteiger charge is 2.24. The highest BCUT2D eigenvalue weighted by atomic mass is 16.5. The monoisotopic (exact) mass is 961 g/mol. The van der Waals surface area contributed by atoms with Gasteiger partial charge in [-0.3, -0.25) is 14.4 Å². The summed E-state index contributed by atoms with van der Waals surface area (Å²) in [5.74, 6) is 0.699. The molecule has 68 heavy (non-hydrogen) atoms. The average Bonchev–Trinajstić information content (AvgIpc) is 3.33. The molecule has 0 fully saturated rings. The molecule has 0 unspecified atom stereocenters. The molecule has 0 aliphatic carbocycles. The van der Waals surface area contributed by atoms with Gasteiger partial charge < -0.3 is 19.3 Å². The van der Waals surface area contributed by atoms with Crippen molar-refractivity contribution in [2.24, 2.45) is 11.8 Å². The lowest BCUT2D eigenvalue weighted by Gasteiger charge is -2.33. The summed E-state index contributed by atoms with van der Waals surface area (Å²) >= 11 is 0. The molecule has 0 saturated carbocycles. The number of nitrogens with zero attached hydrogens (tertiary/aromatic N) is 2. The molecule has 0 bridgehead atoms. The minimum absolute atomic E-state index is 0.0599. The third-order valence-corrected chi connectivity index (χ3v) is 14.7. The third kappa shape index (κ3) is 42.1. The molecule has 0 atom stereocenters. The van der Waals surface area contributed by atoms with Crippen LogP contribution in [-0.4, -0.2) is 74.1 Å². The van der Waals surface area contributed by atoms with Crippen LogP contribution in [0.3, 0.4) is 0 Å². The smallest absolute Gasteiger partial charge is 0.308 e. The van der Waals surface area contributed by atoms with Gasteiger partial charge in [0.2, 0.25) is 5.91 Å². The molecule has 0 aliphatic heterocycles. The van der Waals surface area contributed by atoms with Gasteiger partial charge in [-0.2, -0.15) is 0 Å². The normalized spacial score (nSPS) is 11.8. The van der Waals surface area contributed by atoms with Crippen LogP contribution in [0, 0.1) is 11.8 Å². The molecule has 0 spiro atoms. The van der Waals surface area contributed by atoms with Crippen molar-refractivity contribution in [1.29, 1.82) is 0 Å². The van der Waals surface area contributed by atoms with Crippen molar-refractivity contribution in [3.8, 4) is 0 Å². The average molecular weight is 962 g/mol. The van der Waals surface area contributed by atoms with E-state index in [1.54, 1.807) is 0 Å². The van der Waals surface area contributed by atoms with Crippen molar-refractivity contribution < 1.29 is 23.9 Å². The van der Waals surface area contributed by atoms with E-state index in [0.29, 0.717) is 31.6 Å². The Morgan fingerprint density at radius 3 is 0.985 bits per heavy atom. The summed E-state index contributed by atoms with van der Waals surface area (Å²) < 4.78 is 11.7. The van der Waals surface area contributed by atoms with Crippen LogP contribution in [0.5, 0.6) is 0 Å². The molecule has 0 aromatic heterocycles. The summed E-state index contributed by atoms with van der Waals surface area (Å²) in [6.45, 7) is 14.3. The highest BCUT2D eigenvalue weighted by Crippen LogP contribution is 2.24. The summed E-state index contributed by atoms with van der Waals surface area (Å²) in [4.78, 5) is 44.6. The zero-order valence-corrected chi connectivity index (χ0v) is 47.1. The SMILES string of the molecule is CCCCCCCCC(=O)N(CCCN(C)C)C(CCCCCCCCCOC(=O)C(CCCCCC)CCCCCC)CCCCCCCCCOC(=O)C(CCCCCC)CCCCCC. The van der Waals surface area contributed by atoms with Crippen molar-refractivity contribution in [2.75, 3.05) is 40.4 Å². The molecule has 0 aromatic rings. The Kier molecular flexibility index (Phi) is 50.5. The second-order valence-corrected chi connectivity index (χ2v) is 21.6. The molecule has 1 amide bonds. The fourth-order valence-electron chi connectivity index (χ4n) is 10.1. The second kappa shape index (κ2) is 51.7. The number of esters is 2. The van der Waals surface area contributed by atoms with Gasteiger partial charge in [-0.05, 0) is 84.8 Å². The number of carbonyl (C=O) groups is 3. The van der Waals surface area contributed by atoms with Crippen LogP contribution < -0.4 is 0 Å². The predicted octanol–water partition coefficient (Wildman–Crippen LogP) is 18.3. The Hall–Kier alpha value is -1.63. The van der Waals surface area contributed by atoms with E-state index >= 15 is 0 Å². The zero-order valence-electron chi connectivity index (χ0n) is 47.1. The molecular weight excluding hydrogens is 841 g/mol. The van der Waals surface area contributed by atoms with Gasteiger partial charge in [-0.25, -0.2) is 0 Å². The lowest BCUT2D eigenvalue weighted by molar-refractivity contribution is -0.150. The summed E-state index contributed by atoms with van der Waals surface area (Å²) in [7, 11) is 4.28. The minimum atomic E-state index is 0.0599. The van der Waals surface area contributed by atoms with Crippen LogP contribution in [-0.2, 0) is 23.9 Å². The minimum Gasteiger partial charge on any atom is -0.465 e. The largest absolute Gasteiger partial charge is 0.465 e. The topological polar surface area (TPSA) is 76.2 Å². The molecule has 7 heteroatoms. The maximum Gasteiger partial charge on any atom is 0.308 e. The highest BCUT2D eigenvalue weighted by molar-refractivity contribution is 5.76. The van der Waals surface area contributed by atoms with E-state index in [-0.39, 0.29) is 23.8 Å². The molecule has 0 radical (unpaired) electrons. The Labute approximate surface area is 425 Å². The second-order valence-electron chi connectivity index (χ2n) is 21.6. The van der Waals surface area contributed by atoms with Gasteiger partial charge in [0, 0.05) is 19.0 Å². The Morgan fingerprint density at radius 2 is 0.632 bits per heavy atom. The van der Waals surface area contributed by atoms with Crippen LogP contribution in [0.25, 0.3) is 0 Å². The lowest BCUT2D eigenvalue weighted by Crippen LogP contribution is -2.41. The van der Waals surface area contributed by atoms with E-state index < -0.39 is 0 Å². The zero-order chi connectivity index (χ0) is 50.0. The molecule has 404 valence electrons. The van der Waals surface area contributed by atoms with Gasteiger partial charge in [0.05, 0.1) is 25.0 Å². The maximum absolute atomic E-state index is 14.0. The number of amides is 1. The first-order valence-electron chi connectivity index (χ1n) is 30.5. The van der Waals surface area contributed by atoms with Crippen LogP contribution >= 0.6 is 0 Å². The van der Waals surface area contributed by atoms with Gasteiger partial charge >= 0.3 is 11.9 Å². The van der Waals surface area contributed by atoms with E-state index in [1.165, 1.54) is 173 Å². The summed E-state index contributed by atoms with van der Waals surface area (Å²) in [5, 5.41) is 0. The van der Waals surface area contributed by atoms with Gasteiger partial charge in [-0.15, -0.1) is 0 Å². The standard InChI is InChI=1S/C61H120N2O5/c1-8-13-18-23-32-41-51-59(64)63(53-44-52-62(6)7)58(49-39-30-26-24-28-33-42-54-67-60(65)56(45-35-19-14-9-2)46-36-20-15-10-3)50-40-31-27-25-29-34-43-55-68-61(66)57(47-37-21-16-11-4)48-38-22-17-12-5/h56-58H,8-55H2,1-7H3. The van der Waals surface area contributed by atoms with E-state index in [4.69, 9.17) is 9.47 Å². The van der Waals surface area contributed by atoms with Crippen LogP contribution in [0.15, 0.2) is 0 Å². The predicted molar refractivity (Wildman–Crippen MR) is 294 cm³/mol. The molecule has 0 N–H and O–H groups in total. The first-order chi connectivity index (χ1) is 33.2. The maximum atomic E-state index is 14.0. The summed E-state index contributed by atoms with van der Waals surface area (Å²) in [6, 6.07) is 0.346. The van der Waals surface area contributed by atoms with Crippen LogP contribution in [0.1, 0.15) is 317 Å². The van der Waals surface area contributed by atoms with Gasteiger partial charge in [0.15, 0.2) is 0 Å². The van der Waals surface area contributed by atoms with Gasteiger partial charge in [0.1, 0.15) is 0 Å². The van der Waals surface area contributed by atoms with Crippen molar-refractivity contribution >= 4 is 17.8 Å². The fourth-order valence-corrected chi connectivity index (χ4v) is 10.1. The number of ether oxygens (including phenoxy) is 2. The van der Waals surface area contributed by atoms with Crippen molar-refractivity contribution in [2.45, 2.75) is 323 Å². The number of hydrogen-bond donors (Lipinski definition) is 0. The first kappa shape index (κ1) is 66.4.